The monoisotopic (exact) mass is 279 g/mol. The number of carbonyl (C=O) groups excluding carboxylic acids is 1. The van der Waals surface area contributed by atoms with Gasteiger partial charge in [0.1, 0.15) is 0 Å². The molecule has 1 heterocycles. The minimum Gasteiger partial charge on any atom is -0.493 e. The third-order valence-corrected chi connectivity index (χ3v) is 3.00. The summed E-state index contributed by atoms with van der Waals surface area (Å²) in [7, 11) is 1.39. The molecule has 19 heavy (non-hydrogen) atoms. The molecular weight excluding hydrogens is 270 g/mol. The number of hydrogen-bond acceptors (Lipinski definition) is 6. The van der Waals surface area contributed by atoms with Crippen molar-refractivity contribution in [1.82, 2.24) is 0 Å². The van der Waals surface area contributed by atoms with Crippen LogP contribution in [0.15, 0.2) is 35.0 Å². The Kier molecular flexibility index (Phi) is 3.76. The highest BCUT2D eigenvalue weighted by molar-refractivity contribution is 7.08. The number of methoxy groups -OCH3 is 1. The number of rotatable bonds is 4. The second-order valence-electron chi connectivity index (χ2n) is 3.49. The van der Waals surface area contributed by atoms with Gasteiger partial charge in [-0.1, -0.05) is 0 Å². The highest BCUT2D eigenvalue weighted by Crippen LogP contribution is 2.31. The van der Waals surface area contributed by atoms with Crippen molar-refractivity contribution in [1.29, 1.82) is 0 Å². The molecule has 0 aliphatic heterocycles. The SMILES string of the molecule is COc1ccc([N+](=O)[O-])cc1OC(=O)c1ccsc1. The number of nitro groups is 1. The van der Waals surface area contributed by atoms with Crippen molar-refractivity contribution in [2.24, 2.45) is 0 Å². The molecule has 2 aromatic rings. The molecule has 0 saturated carbocycles. The third-order valence-electron chi connectivity index (χ3n) is 2.32. The van der Waals surface area contributed by atoms with Gasteiger partial charge in [-0.25, -0.2) is 4.79 Å². The van der Waals surface area contributed by atoms with Crippen LogP contribution in [0.2, 0.25) is 0 Å². The zero-order chi connectivity index (χ0) is 13.8. The van der Waals surface area contributed by atoms with Crippen LogP contribution in [-0.4, -0.2) is 18.0 Å². The van der Waals surface area contributed by atoms with E-state index >= 15 is 0 Å². The Morgan fingerprint density at radius 3 is 2.68 bits per heavy atom. The van der Waals surface area contributed by atoms with Gasteiger partial charge in [0, 0.05) is 11.4 Å². The molecule has 0 fully saturated rings. The lowest BCUT2D eigenvalue weighted by Crippen LogP contribution is -2.08. The maximum atomic E-state index is 11.8. The first kappa shape index (κ1) is 13.0. The standard InChI is InChI=1S/C12H9NO5S/c1-17-10-3-2-9(13(15)16)6-11(10)18-12(14)8-4-5-19-7-8/h2-7H,1H3. The van der Waals surface area contributed by atoms with E-state index in [0.717, 1.165) is 6.07 Å². The minimum absolute atomic E-state index is 0.0212. The van der Waals surface area contributed by atoms with E-state index in [2.05, 4.69) is 0 Å². The largest absolute Gasteiger partial charge is 0.493 e. The summed E-state index contributed by atoms with van der Waals surface area (Å²) in [6.45, 7) is 0. The molecule has 0 amide bonds. The van der Waals surface area contributed by atoms with Crippen LogP contribution in [0.5, 0.6) is 11.5 Å². The number of benzene rings is 1. The van der Waals surface area contributed by atoms with E-state index in [9.17, 15) is 14.9 Å². The summed E-state index contributed by atoms with van der Waals surface area (Å²) in [6.07, 6.45) is 0. The van der Waals surface area contributed by atoms with Crippen molar-refractivity contribution in [3.8, 4) is 11.5 Å². The summed E-state index contributed by atoms with van der Waals surface area (Å²) in [6, 6.07) is 5.43. The topological polar surface area (TPSA) is 78.7 Å². The van der Waals surface area contributed by atoms with Crippen molar-refractivity contribution in [2.45, 2.75) is 0 Å². The predicted octanol–water partition coefficient (Wildman–Crippen LogP) is 2.88. The number of esters is 1. The molecule has 0 N–H and O–H groups in total. The first-order valence-corrected chi connectivity index (χ1v) is 6.13. The first-order chi connectivity index (χ1) is 9.11. The molecule has 0 radical (unpaired) electrons. The molecule has 2 rings (SSSR count). The maximum absolute atomic E-state index is 11.8. The van der Waals surface area contributed by atoms with Crippen LogP contribution in [0.4, 0.5) is 5.69 Å². The Bertz CT molecular complexity index is 609. The lowest BCUT2D eigenvalue weighted by molar-refractivity contribution is -0.384. The highest BCUT2D eigenvalue weighted by Gasteiger charge is 2.16. The van der Waals surface area contributed by atoms with Crippen LogP contribution in [0, 0.1) is 10.1 Å². The molecule has 0 bridgehead atoms. The fourth-order valence-electron chi connectivity index (χ4n) is 1.40. The van der Waals surface area contributed by atoms with Crippen LogP contribution in [0.25, 0.3) is 0 Å². The zero-order valence-electron chi connectivity index (χ0n) is 9.86. The van der Waals surface area contributed by atoms with E-state index in [0.29, 0.717) is 5.56 Å². The molecule has 98 valence electrons. The van der Waals surface area contributed by atoms with Gasteiger partial charge < -0.3 is 9.47 Å². The normalized spacial score (nSPS) is 9.95. The van der Waals surface area contributed by atoms with Crippen molar-refractivity contribution in [2.75, 3.05) is 7.11 Å². The zero-order valence-corrected chi connectivity index (χ0v) is 10.7. The van der Waals surface area contributed by atoms with Crippen molar-refractivity contribution in [3.05, 3.63) is 50.7 Å². The Labute approximate surface area is 112 Å². The van der Waals surface area contributed by atoms with E-state index in [1.165, 1.54) is 30.6 Å². The predicted molar refractivity (Wildman–Crippen MR) is 68.9 cm³/mol. The molecule has 0 atom stereocenters. The van der Waals surface area contributed by atoms with Gasteiger partial charge in [-0.2, -0.15) is 11.3 Å². The van der Waals surface area contributed by atoms with Gasteiger partial charge in [0.25, 0.3) is 5.69 Å². The van der Waals surface area contributed by atoms with Gasteiger partial charge in [-0.15, -0.1) is 0 Å². The summed E-state index contributed by atoms with van der Waals surface area (Å²) in [5.74, 6) is -0.304. The van der Waals surface area contributed by atoms with Crippen molar-refractivity contribution in [3.63, 3.8) is 0 Å². The second kappa shape index (κ2) is 5.49. The van der Waals surface area contributed by atoms with Gasteiger partial charge in [-0.05, 0) is 17.5 Å². The molecule has 7 heteroatoms. The average molecular weight is 279 g/mol. The molecule has 1 aromatic heterocycles. The average Bonchev–Trinajstić information content (AvgIpc) is 2.92. The van der Waals surface area contributed by atoms with E-state index in [1.807, 2.05) is 0 Å². The van der Waals surface area contributed by atoms with Crippen LogP contribution >= 0.6 is 11.3 Å². The summed E-state index contributed by atoms with van der Waals surface area (Å²) >= 11 is 1.36. The Balaban J connectivity index is 2.30. The van der Waals surface area contributed by atoms with Gasteiger partial charge in [0.05, 0.1) is 23.7 Å². The molecule has 0 unspecified atom stereocenters. The summed E-state index contributed by atoms with van der Waals surface area (Å²) in [4.78, 5) is 21.9. The Morgan fingerprint density at radius 2 is 2.11 bits per heavy atom. The Hall–Kier alpha value is -2.41. The number of nitro benzene ring substituents is 1. The van der Waals surface area contributed by atoms with E-state index in [1.54, 1.807) is 16.8 Å². The fourth-order valence-corrected chi connectivity index (χ4v) is 2.02. The van der Waals surface area contributed by atoms with Crippen LogP contribution in [0.1, 0.15) is 10.4 Å². The number of carbonyl (C=O) groups is 1. The van der Waals surface area contributed by atoms with Gasteiger partial charge in [0.2, 0.25) is 0 Å². The van der Waals surface area contributed by atoms with E-state index in [-0.39, 0.29) is 17.2 Å². The molecule has 0 aliphatic rings. The van der Waals surface area contributed by atoms with Gasteiger partial charge in [-0.3, -0.25) is 10.1 Å². The van der Waals surface area contributed by atoms with Crippen LogP contribution < -0.4 is 9.47 Å². The lowest BCUT2D eigenvalue weighted by atomic mass is 10.2. The molecular formula is C12H9NO5S. The molecule has 0 aliphatic carbocycles. The molecule has 6 nitrogen and oxygen atoms in total. The van der Waals surface area contributed by atoms with Crippen LogP contribution in [-0.2, 0) is 0 Å². The third kappa shape index (κ3) is 2.89. The minimum atomic E-state index is -0.583. The van der Waals surface area contributed by atoms with Gasteiger partial charge in [0.15, 0.2) is 11.5 Å². The number of thiophene rings is 1. The fraction of sp³-hybridized carbons (Fsp3) is 0.0833. The molecule has 0 spiro atoms. The first-order valence-electron chi connectivity index (χ1n) is 5.18. The number of ether oxygens (including phenoxy) is 2. The Morgan fingerprint density at radius 1 is 1.32 bits per heavy atom. The summed E-state index contributed by atoms with van der Waals surface area (Å²) in [5, 5.41) is 14.1. The van der Waals surface area contributed by atoms with Crippen LogP contribution in [0.3, 0.4) is 0 Å². The molecule has 1 aromatic carbocycles. The quantitative estimate of drug-likeness (QED) is 0.372. The van der Waals surface area contributed by atoms with E-state index < -0.39 is 10.9 Å². The number of non-ortho nitro benzene ring substituents is 1. The molecule has 0 saturated heterocycles. The van der Waals surface area contributed by atoms with E-state index in [4.69, 9.17) is 9.47 Å². The maximum Gasteiger partial charge on any atom is 0.344 e. The smallest absolute Gasteiger partial charge is 0.344 e. The lowest BCUT2D eigenvalue weighted by Gasteiger charge is -2.08. The van der Waals surface area contributed by atoms with Crippen molar-refractivity contribution >= 4 is 23.0 Å². The van der Waals surface area contributed by atoms with Gasteiger partial charge >= 0.3 is 5.97 Å². The summed E-state index contributed by atoms with van der Waals surface area (Å²) in [5.41, 5.74) is 0.215. The summed E-state index contributed by atoms with van der Waals surface area (Å²) < 4.78 is 10.1. The number of nitrogens with zero attached hydrogens (tertiary/aromatic N) is 1. The second-order valence-corrected chi connectivity index (χ2v) is 4.27. The number of hydrogen-bond donors (Lipinski definition) is 0. The highest BCUT2D eigenvalue weighted by atomic mass is 32.1. The van der Waals surface area contributed by atoms with Crippen molar-refractivity contribution < 1.29 is 19.2 Å².